The lowest BCUT2D eigenvalue weighted by atomic mass is 9.96. The lowest BCUT2D eigenvalue weighted by molar-refractivity contribution is -0.385. The summed E-state index contributed by atoms with van der Waals surface area (Å²) in [5.74, 6) is 0.891. The van der Waals surface area contributed by atoms with E-state index in [2.05, 4.69) is 11.9 Å². The Morgan fingerprint density at radius 3 is 2.95 bits per heavy atom. The molecule has 1 fully saturated rings. The van der Waals surface area contributed by atoms with Gasteiger partial charge in [-0.25, -0.2) is 4.98 Å². The number of aromatic nitrogens is 1. The number of hydrogen-bond donors (Lipinski definition) is 1. The predicted octanol–water partition coefficient (Wildman–Crippen LogP) is 1.03. The smallest absolute Gasteiger partial charge is 0.289 e. The summed E-state index contributed by atoms with van der Waals surface area (Å²) in [5.41, 5.74) is 6.01. The highest BCUT2D eigenvalue weighted by atomic mass is 16.6. The van der Waals surface area contributed by atoms with E-state index >= 15 is 0 Å². The second kappa shape index (κ2) is 5.20. The molecule has 0 aromatic carbocycles. The van der Waals surface area contributed by atoms with Crippen LogP contribution in [0.1, 0.15) is 18.9 Å². The molecule has 2 N–H and O–H groups in total. The third kappa shape index (κ3) is 2.80. The fourth-order valence-electron chi connectivity index (χ4n) is 2.45. The minimum absolute atomic E-state index is 0.0345. The fourth-order valence-corrected chi connectivity index (χ4v) is 2.45. The molecule has 7 heteroatoms. The second-order valence-corrected chi connectivity index (χ2v) is 4.94. The van der Waals surface area contributed by atoms with Crippen LogP contribution in [0.15, 0.2) is 12.3 Å². The molecule has 2 atom stereocenters. The average Bonchev–Trinajstić information content (AvgIpc) is 2.36. The van der Waals surface area contributed by atoms with Crippen LogP contribution in [0.2, 0.25) is 0 Å². The van der Waals surface area contributed by atoms with E-state index in [1.807, 2.05) is 11.0 Å². The first kappa shape index (κ1) is 13.2. The van der Waals surface area contributed by atoms with Gasteiger partial charge in [0.2, 0.25) is 0 Å². The number of piperidine rings is 1. The van der Waals surface area contributed by atoms with Crippen LogP contribution in [0.5, 0.6) is 0 Å². The normalized spacial score (nSPS) is 22.9. The summed E-state index contributed by atoms with van der Waals surface area (Å²) in [5, 5.41) is 19.8. The summed E-state index contributed by atoms with van der Waals surface area (Å²) in [7, 11) is 0. The van der Waals surface area contributed by atoms with Gasteiger partial charge in [-0.2, -0.15) is 5.26 Å². The van der Waals surface area contributed by atoms with Gasteiger partial charge in [-0.15, -0.1) is 0 Å². The van der Waals surface area contributed by atoms with E-state index in [4.69, 9.17) is 11.0 Å². The third-order valence-corrected chi connectivity index (χ3v) is 3.18. The maximum absolute atomic E-state index is 10.7. The zero-order chi connectivity index (χ0) is 14.0. The molecule has 1 aromatic rings. The van der Waals surface area contributed by atoms with Crippen LogP contribution in [0.4, 0.5) is 11.5 Å². The zero-order valence-corrected chi connectivity index (χ0v) is 10.6. The molecule has 1 aliphatic heterocycles. The van der Waals surface area contributed by atoms with E-state index in [0.29, 0.717) is 18.3 Å². The van der Waals surface area contributed by atoms with Crippen molar-refractivity contribution in [1.82, 2.24) is 4.98 Å². The van der Waals surface area contributed by atoms with Crippen molar-refractivity contribution in [3.8, 4) is 6.07 Å². The molecular formula is C12H15N5O2. The highest BCUT2D eigenvalue weighted by Gasteiger charge is 2.25. The van der Waals surface area contributed by atoms with Crippen molar-refractivity contribution in [3.63, 3.8) is 0 Å². The van der Waals surface area contributed by atoms with Crippen LogP contribution in [0.3, 0.4) is 0 Å². The molecule has 0 saturated carbocycles. The first-order valence-electron chi connectivity index (χ1n) is 6.06. The summed E-state index contributed by atoms with van der Waals surface area (Å²) in [6.45, 7) is 3.46. The lowest BCUT2D eigenvalue weighted by Gasteiger charge is -2.35. The Morgan fingerprint density at radius 2 is 2.37 bits per heavy atom. The van der Waals surface area contributed by atoms with Crippen molar-refractivity contribution in [2.45, 2.75) is 19.4 Å². The van der Waals surface area contributed by atoms with Gasteiger partial charge >= 0.3 is 0 Å². The largest absolute Gasteiger partial charge is 0.354 e. The second-order valence-electron chi connectivity index (χ2n) is 4.94. The Morgan fingerprint density at radius 1 is 1.63 bits per heavy atom. The van der Waals surface area contributed by atoms with Gasteiger partial charge in [-0.1, -0.05) is 6.92 Å². The lowest BCUT2D eigenvalue weighted by Crippen LogP contribution is -2.47. The Labute approximate surface area is 110 Å². The summed E-state index contributed by atoms with van der Waals surface area (Å²) in [6.07, 6.45) is 2.12. The highest BCUT2D eigenvalue weighted by molar-refractivity contribution is 5.57. The standard InChI is InChI=1S/C12H15N5O2/c1-8-2-10(14)7-16(6-8)12-9(4-13)3-11(5-15-12)17(18)19/h3,5,8,10H,2,6-7,14H2,1H3. The molecule has 1 aliphatic rings. The third-order valence-electron chi connectivity index (χ3n) is 3.18. The van der Waals surface area contributed by atoms with Gasteiger partial charge in [0.25, 0.3) is 5.69 Å². The van der Waals surface area contributed by atoms with Crippen LogP contribution >= 0.6 is 0 Å². The zero-order valence-electron chi connectivity index (χ0n) is 10.6. The number of nitrogens with two attached hydrogens (primary N) is 1. The molecule has 0 aliphatic carbocycles. The van der Waals surface area contributed by atoms with Crippen molar-refractivity contribution < 1.29 is 4.92 Å². The molecule has 1 aromatic heterocycles. The van der Waals surface area contributed by atoms with Gasteiger partial charge in [0.15, 0.2) is 0 Å². The minimum Gasteiger partial charge on any atom is -0.354 e. The van der Waals surface area contributed by atoms with Crippen molar-refractivity contribution in [2.75, 3.05) is 18.0 Å². The van der Waals surface area contributed by atoms with Crippen molar-refractivity contribution in [3.05, 3.63) is 27.9 Å². The predicted molar refractivity (Wildman–Crippen MR) is 69.6 cm³/mol. The molecule has 1 saturated heterocycles. The van der Waals surface area contributed by atoms with Gasteiger partial charge in [-0.3, -0.25) is 10.1 Å². The van der Waals surface area contributed by atoms with Gasteiger partial charge < -0.3 is 10.6 Å². The quantitative estimate of drug-likeness (QED) is 0.629. The van der Waals surface area contributed by atoms with E-state index in [-0.39, 0.29) is 17.3 Å². The fraction of sp³-hybridized carbons (Fsp3) is 0.500. The van der Waals surface area contributed by atoms with Gasteiger partial charge in [-0.05, 0) is 12.3 Å². The summed E-state index contributed by atoms with van der Waals surface area (Å²) >= 11 is 0. The van der Waals surface area contributed by atoms with E-state index in [1.54, 1.807) is 0 Å². The molecule has 2 heterocycles. The average molecular weight is 261 g/mol. The molecular weight excluding hydrogens is 246 g/mol. The summed E-state index contributed by atoms with van der Waals surface area (Å²) in [4.78, 5) is 16.1. The summed E-state index contributed by atoms with van der Waals surface area (Å²) < 4.78 is 0. The van der Waals surface area contributed by atoms with Gasteiger partial charge in [0.1, 0.15) is 23.6 Å². The maximum Gasteiger partial charge on any atom is 0.289 e. The molecule has 7 nitrogen and oxygen atoms in total. The van der Waals surface area contributed by atoms with Crippen LogP contribution in [-0.4, -0.2) is 29.0 Å². The Balaban J connectivity index is 2.34. The maximum atomic E-state index is 10.7. The Kier molecular flexibility index (Phi) is 3.62. The molecule has 100 valence electrons. The van der Waals surface area contributed by atoms with E-state index < -0.39 is 4.92 Å². The molecule has 0 spiro atoms. The number of hydrogen-bond acceptors (Lipinski definition) is 6. The van der Waals surface area contributed by atoms with Crippen LogP contribution in [-0.2, 0) is 0 Å². The van der Waals surface area contributed by atoms with E-state index in [9.17, 15) is 10.1 Å². The minimum atomic E-state index is -0.553. The summed E-state index contributed by atoms with van der Waals surface area (Å²) in [6, 6.07) is 3.26. The SMILES string of the molecule is CC1CC(N)CN(c2ncc([N+](=O)[O-])cc2C#N)C1. The molecule has 2 unspecified atom stereocenters. The number of anilines is 1. The van der Waals surface area contributed by atoms with Crippen molar-refractivity contribution in [1.29, 1.82) is 5.26 Å². The van der Waals surface area contributed by atoms with Crippen molar-refractivity contribution in [2.24, 2.45) is 11.7 Å². The van der Waals surface area contributed by atoms with Crippen molar-refractivity contribution >= 4 is 11.5 Å². The number of nitrogens with zero attached hydrogens (tertiary/aromatic N) is 4. The van der Waals surface area contributed by atoms with Gasteiger partial charge in [0.05, 0.1) is 4.92 Å². The Hall–Kier alpha value is -2.20. The number of nitro groups is 1. The molecule has 0 bridgehead atoms. The first-order valence-corrected chi connectivity index (χ1v) is 6.06. The molecule has 0 radical (unpaired) electrons. The van der Waals surface area contributed by atoms with E-state index in [0.717, 1.165) is 13.0 Å². The molecule has 0 amide bonds. The number of rotatable bonds is 2. The topological polar surface area (TPSA) is 109 Å². The first-order chi connectivity index (χ1) is 9.01. The van der Waals surface area contributed by atoms with Crippen LogP contribution < -0.4 is 10.6 Å². The monoisotopic (exact) mass is 261 g/mol. The Bertz CT molecular complexity index is 529. The van der Waals surface area contributed by atoms with Crippen LogP contribution in [0.25, 0.3) is 0 Å². The number of pyridine rings is 1. The highest BCUT2D eigenvalue weighted by Crippen LogP contribution is 2.26. The number of nitriles is 1. The van der Waals surface area contributed by atoms with E-state index in [1.165, 1.54) is 12.3 Å². The molecule has 19 heavy (non-hydrogen) atoms. The molecule has 2 rings (SSSR count). The van der Waals surface area contributed by atoms with Crippen LogP contribution in [0, 0.1) is 27.4 Å². The van der Waals surface area contributed by atoms with Gasteiger partial charge in [0, 0.05) is 25.2 Å².